The second kappa shape index (κ2) is 3.25. The van der Waals surface area contributed by atoms with Crippen LogP contribution in [0.15, 0.2) is 0 Å². The zero-order chi connectivity index (χ0) is 9.35. The molecule has 1 saturated heterocycles. The minimum atomic E-state index is -2.17. The molecule has 1 heterocycles. The van der Waals surface area contributed by atoms with E-state index < -0.39 is 30.7 Å². The second-order valence-corrected chi connectivity index (χ2v) is 2.82. The largest absolute Gasteiger partial charge is 0.391 e. The minimum Gasteiger partial charge on any atom is -0.391 e. The van der Waals surface area contributed by atoms with Gasteiger partial charge in [-0.05, 0) is 0 Å². The van der Waals surface area contributed by atoms with E-state index in [4.69, 9.17) is 20.4 Å². The lowest BCUT2D eigenvalue weighted by Crippen LogP contribution is -2.62. The third-order valence-corrected chi connectivity index (χ3v) is 1.91. The van der Waals surface area contributed by atoms with Gasteiger partial charge in [-0.2, -0.15) is 0 Å². The molecule has 1 aliphatic heterocycles. The molecule has 1 rings (SSSR count). The molecule has 6 nitrogen and oxygen atoms in total. The van der Waals surface area contributed by atoms with Gasteiger partial charge in [0.15, 0.2) is 0 Å². The highest BCUT2D eigenvalue weighted by Crippen LogP contribution is 2.22. The Morgan fingerprint density at radius 2 is 1.92 bits per heavy atom. The fourth-order valence-electron chi connectivity index (χ4n) is 1.03. The molecule has 0 amide bonds. The Labute approximate surface area is 68.6 Å². The fourth-order valence-corrected chi connectivity index (χ4v) is 1.03. The van der Waals surface area contributed by atoms with E-state index in [1.807, 2.05) is 0 Å². The molecule has 1 unspecified atom stereocenters. The van der Waals surface area contributed by atoms with E-state index in [1.54, 1.807) is 0 Å². The molecule has 0 saturated carbocycles. The maximum Gasteiger partial charge on any atom is 0.218 e. The van der Waals surface area contributed by atoms with Crippen molar-refractivity contribution in [1.82, 2.24) is 0 Å². The molecule has 1 fully saturated rings. The first-order valence-electron chi connectivity index (χ1n) is 3.52. The number of hydrogen-bond donors (Lipinski definition) is 5. The van der Waals surface area contributed by atoms with Crippen LogP contribution in [0.2, 0.25) is 0 Å². The zero-order valence-corrected chi connectivity index (χ0v) is 6.29. The molecule has 72 valence electrons. The van der Waals surface area contributed by atoms with Crippen molar-refractivity contribution in [2.45, 2.75) is 24.1 Å². The molecule has 4 atom stereocenters. The summed E-state index contributed by atoms with van der Waals surface area (Å²) in [4.78, 5) is 0. The lowest BCUT2D eigenvalue weighted by Gasteiger charge is -2.40. The first-order chi connectivity index (χ1) is 5.51. The number of rotatable bonds is 1. The monoisotopic (exact) mass is 181 g/mol. The Bertz CT molecular complexity index is 162. The molecule has 1 aliphatic rings. The third-order valence-electron chi connectivity index (χ3n) is 1.91. The Balaban J connectivity index is 2.71. The molecule has 0 aliphatic carbocycles. The maximum absolute atomic E-state index is 9.24. The van der Waals surface area contributed by atoms with Gasteiger partial charge in [0.2, 0.25) is 5.79 Å². The normalized spacial score (nSPS) is 49.2. The topological polar surface area (TPSA) is 110 Å². The van der Waals surface area contributed by atoms with E-state index in [9.17, 15) is 5.11 Å². The van der Waals surface area contributed by atoms with Crippen molar-refractivity contribution >= 4 is 0 Å². The van der Waals surface area contributed by atoms with Gasteiger partial charge < -0.3 is 30.3 Å². The fraction of sp³-hybridized carbons (Fsp3) is 1.00. The van der Waals surface area contributed by atoms with Gasteiger partial charge in [0.1, 0.15) is 18.3 Å². The van der Waals surface area contributed by atoms with Crippen LogP contribution < -0.4 is 0 Å². The summed E-state index contributed by atoms with van der Waals surface area (Å²) in [5.41, 5.74) is 0. The van der Waals surface area contributed by atoms with Crippen LogP contribution in [0.3, 0.4) is 0 Å². The summed E-state index contributed by atoms with van der Waals surface area (Å²) in [5.74, 6) is -2.17. The van der Waals surface area contributed by atoms with Gasteiger partial charge in [0.05, 0.1) is 13.2 Å². The number of aliphatic hydroxyl groups is 5. The van der Waals surface area contributed by atoms with E-state index in [0.717, 1.165) is 0 Å². The molecular formula is C6H12O6. The summed E-state index contributed by atoms with van der Waals surface area (Å²) >= 11 is 0. The highest BCUT2D eigenvalue weighted by atomic mass is 16.7. The van der Waals surface area contributed by atoms with Crippen LogP contribution in [-0.4, -0.2) is 62.8 Å². The molecular weight excluding hydrogens is 169 g/mol. The summed E-state index contributed by atoms with van der Waals surface area (Å²) < 4.78 is 4.56. The zero-order valence-electron chi connectivity index (χ0n) is 6.29. The van der Waals surface area contributed by atoms with Crippen molar-refractivity contribution in [3.05, 3.63) is 0 Å². The van der Waals surface area contributed by atoms with Gasteiger partial charge in [0.25, 0.3) is 0 Å². The summed E-state index contributed by atoms with van der Waals surface area (Å²) in [7, 11) is 0. The average molecular weight is 181 g/mol. The highest BCUT2D eigenvalue weighted by Gasteiger charge is 2.47. The molecule has 0 bridgehead atoms. The van der Waals surface area contributed by atoms with Gasteiger partial charge in [-0.25, -0.2) is 0 Å². The molecule has 0 aromatic carbocycles. The lowest BCUT2D eigenvalue weighted by atomic mass is 10.1. The van der Waals surface area contributed by atoms with Gasteiger partial charge in [-0.1, -0.05) is 0 Å². The maximum atomic E-state index is 9.24. The van der Waals surface area contributed by atoms with Crippen molar-refractivity contribution in [2.24, 2.45) is 0 Å². The van der Waals surface area contributed by atoms with E-state index in [0.29, 0.717) is 0 Å². The first kappa shape index (κ1) is 9.85. The van der Waals surface area contributed by atoms with Crippen LogP contribution in [0.25, 0.3) is 0 Å². The predicted octanol–water partition coefficient (Wildman–Crippen LogP) is -3.22. The van der Waals surface area contributed by atoms with Crippen LogP contribution in [0.4, 0.5) is 0 Å². The Kier molecular flexibility index (Phi) is 2.67. The number of ether oxygens (including phenoxy) is 1. The van der Waals surface area contributed by atoms with Crippen LogP contribution in [0, 0.1) is 0 Å². The third kappa shape index (κ3) is 1.45. The van der Waals surface area contributed by atoms with Gasteiger partial charge in [-0.15, -0.1) is 0 Å². The van der Waals surface area contributed by atoms with Crippen LogP contribution in [0.1, 0.15) is 0 Å². The van der Waals surface area contributed by atoms with Crippen LogP contribution in [0.5, 0.6) is 0 Å². The minimum absolute atomic E-state index is 0.324. The molecule has 0 aromatic heterocycles. The van der Waals surface area contributed by atoms with Crippen molar-refractivity contribution in [2.75, 3.05) is 13.2 Å². The SMILES string of the molecule is OCC1(O)OC[13C@@H](O)[C@@H](O)[C@@H]1O. The van der Waals surface area contributed by atoms with E-state index in [-0.39, 0.29) is 6.61 Å². The standard InChI is InChI=1S/C6H12O6/c7-2-6(11)5(10)4(9)3(8)1-12-6/h3-5,7-11H,1-2H2/t3-,4-,5+,6?/m1/s1/i3+1. The van der Waals surface area contributed by atoms with Gasteiger partial charge in [0, 0.05) is 0 Å². The van der Waals surface area contributed by atoms with E-state index in [2.05, 4.69) is 4.74 Å². The van der Waals surface area contributed by atoms with E-state index in [1.165, 1.54) is 0 Å². The quantitative estimate of drug-likeness (QED) is 0.272. The van der Waals surface area contributed by atoms with Crippen molar-refractivity contribution in [1.29, 1.82) is 0 Å². The number of aliphatic hydroxyl groups excluding tert-OH is 4. The summed E-state index contributed by atoms with van der Waals surface area (Å²) in [5, 5.41) is 45.0. The summed E-state index contributed by atoms with van der Waals surface area (Å²) in [6, 6.07) is 0. The molecule has 6 heteroatoms. The molecule has 12 heavy (non-hydrogen) atoms. The van der Waals surface area contributed by atoms with Gasteiger partial charge >= 0.3 is 0 Å². The molecule has 0 aromatic rings. The summed E-state index contributed by atoms with van der Waals surface area (Å²) in [6.07, 6.45) is -4.45. The van der Waals surface area contributed by atoms with E-state index >= 15 is 0 Å². The predicted molar refractivity (Wildman–Crippen MR) is 36.0 cm³/mol. The highest BCUT2D eigenvalue weighted by molar-refractivity contribution is 4.90. The Morgan fingerprint density at radius 1 is 1.33 bits per heavy atom. The van der Waals surface area contributed by atoms with Crippen LogP contribution >= 0.6 is 0 Å². The van der Waals surface area contributed by atoms with Crippen LogP contribution in [-0.2, 0) is 4.74 Å². The van der Waals surface area contributed by atoms with Crippen molar-refractivity contribution < 1.29 is 30.3 Å². The Morgan fingerprint density at radius 3 is 2.42 bits per heavy atom. The Hall–Kier alpha value is -0.240. The average Bonchev–Trinajstić information content (AvgIpc) is 2.09. The van der Waals surface area contributed by atoms with Crippen molar-refractivity contribution in [3.8, 4) is 0 Å². The van der Waals surface area contributed by atoms with Crippen molar-refractivity contribution in [3.63, 3.8) is 0 Å². The number of hydrogen-bond acceptors (Lipinski definition) is 6. The smallest absolute Gasteiger partial charge is 0.218 e. The summed E-state index contributed by atoms with van der Waals surface area (Å²) in [6.45, 7) is -1.16. The molecule has 5 N–H and O–H groups in total. The second-order valence-electron chi connectivity index (χ2n) is 2.82. The lowest BCUT2D eigenvalue weighted by molar-refractivity contribution is -0.331. The first-order valence-corrected chi connectivity index (χ1v) is 3.52. The van der Waals surface area contributed by atoms with Gasteiger partial charge in [-0.3, -0.25) is 0 Å². The molecule has 0 radical (unpaired) electrons. The molecule has 0 spiro atoms.